The molecule has 0 fully saturated rings. The van der Waals surface area contributed by atoms with E-state index in [1.54, 1.807) is 6.92 Å². The predicted molar refractivity (Wildman–Crippen MR) is 68.3 cm³/mol. The number of sulfonamides is 1. The Balaban J connectivity index is 2.30. The molecule has 0 radical (unpaired) electrons. The van der Waals surface area contributed by atoms with Crippen molar-refractivity contribution in [2.75, 3.05) is 4.72 Å². The van der Waals surface area contributed by atoms with Gasteiger partial charge in [0.05, 0.1) is 10.6 Å². The van der Waals surface area contributed by atoms with Crippen LogP contribution < -0.4 is 4.72 Å². The van der Waals surface area contributed by atoms with Gasteiger partial charge in [0.25, 0.3) is 10.0 Å². The van der Waals surface area contributed by atoms with Crippen LogP contribution in [0.2, 0.25) is 0 Å². The lowest BCUT2D eigenvalue weighted by molar-refractivity contribution is 0.599. The Bertz CT molecular complexity index is 697. The molecular weight excluding hydrogens is 272 g/mol. The van der Waals surface area contributed by atoms with Crippen molar-refractivity contribution in [2.45, 2.75) is 11.8 Å². The fraction of sp³-hybridized carbons (Fsp3) is 0.0769. The van der Waals surface area contributed by atoms with Crippen LogP contribution in [-0.2, 0) is 10.0 Å². The molecule has 0 aliphatic rings. The summed E-state index contributed by atoms with van der Waals surface area (Å²) in [6.45, 7) is 1.58. The maximum atomic E-state index is 13.3. The number of halogens is 2. The van der Waals surface area contributed by atoms with Crippen LogP contribution in [0.4, 0.5) is 14.5 Å². The van der Waals surface area contributed by atoms with Crippen LogP contribution in [0.5, 0.6) is 0 Å². The highest BCUT2D eigenvalue weighted by molar-refractivity contribution is 7.92. The van der Waals surface area contributed by atoms with Crippen molar-refractivity contribution in [3.8, 4) is 0 Å². The minimum atomic E-state index is -3.84. The van der Waals surface area contributed by atoms with Gasteiger partial charge in [0.1, 0.15) is 11.6 Å². The third kappa shape index (κ3) is 3.08. The molecule has 0 unspecified atom stereocenters. The zero-order valence-electron chi connectivity index (χ0n) is 10.0. The highest BCUT2D eigenvalue weighted by Crippen LogP contribution is 2.18. The summed E-state index contributed by atoms with van der Waals surface area (Å²) in [5.41, 5.74) is 0.539. The average Bonchev–Trinajstić information content (AvgIpc) is 2.34. The first kappa shape index (κ1) is 13.5. The molecule has 6 heteroatoms. The van der Waals surface area contributed by atoms with Crippen LogP contribution >= 0.6 is 0 Å². The fourth-order valence-corrected chi connectivity index (χ4v) is 2.53. The molecule has 1 N–H and O–H groups in total. The molecule has 0 aliphatic heterocycles. The second-order valence-corrected chi connectivity index (χ2v) is 5.71. The van der Waals surface area contributed by atoms with E-state index in [9.17, 15) is 17.2 Å². The van der Waals surface area contributed by atoms with Gasteiger partial charge in [0.15, 0.2) is 0 Å². The lowest BCUT2D eigenvalue weighted by Crippen LogP contribution is -2.13. The molecule has 2 rings (SSSR count). The number of anilines is 1. The predicted octanol–water partition coefficient (Wildman–Crippen LogP) is 3.07. The topological polar surface area (TPSA) is 46.2 Å². The first-order valence-corrected chi connectivity index (χ1v) is 6.91. The summed E-state index contributed by atoms with van der Waals surface area (Å²) in [5.74, 6) is -1.03. The molecule has 19 heavy (non-hydrogen) atoms. The molecule has 0 atom stereocenters. The molecule has 0 saturated heterocycles. The molecule has 0 saturated carbocycles. The summed E-state index contributed by atoms with van der Waals surface area (Å²) in [6.07, 6.45) is 0. The van der Waals surface area contributed by atoms with Crippen LogP contribution in [-0.4, -0.2) is 8.42 Å². The van der Waals surface area contributed by atoms with Gasteiger partial charge in [-0.15, -0.1) is 0 Å². The molecule has 0 aromatic heterocycles. The number of benzene rings is 2. The number of nitrogens with one attached hydrogen (secondary N) is 1. The van der Waals surface area contributed by atoms with Gasteiger partial charge < -0.3 is 0 Å². The minimum absolute atomic E-state index is 0.0881. The Morgan fingerprint density at radius 1 is 1.00 bits per heavy atom. The van der Waals surface area contributed by atoms with Gasteiger partial charge in [-0.25, -0.2) is 17.2 Å². The van der Waals surface area contributed by atoms with Crippen LogP contribution in [0, 0.1) is 18.6 Å². The lowest BCUT2D eigenvalue weighted by atomic mass is 10.2. The quantitative estimate of drug-likeness (QED) is 0.941. The van der Waals surface area contributed by atoms with Crippen LogP contribution in [0.15, 0.2) is 47.4 Å². The average molecular weight is 283 g/mol. The Hall–Kier alpha value is -1.95. The van der Waals surface area contributed by atoms with E-state index in [0.29, 0.717) is 5.56 Å². The fourth-order valence-electron chi connectivity index (χ4n) is 1.48. The zero-order valence-corrected chi connectivity index (χ0v) is 10.8. The maximum Gasteiger partial charge on any atom is 0.261 e. The number of hydrogen-bond acceptors (Lipinski definition) is 2. The third-order valence-corrected chi connectivity index (χ3v) is 3.95. The smallest absolute Gasteiger partial charge is 0.261 e. The zero-order chi connectivity index (χ0) is 14.0. The molecule has 0 bridgehead atoms. The third-order valence-electron chi connectivity index (χ3n) is 2.55. The van der Waals surface area contributed by atoms with E-state index < -0.39 is 21.7 Å². The lowest BCUT2D eigenvalue weighted by Gasteiger charge is -2.08. The summed E-state index contributed by atoms with van der Waals surface area (Å²) in [6, 6.07) is 8.40. The van der Waals surface area contributed by atoms with Gasteiger partial charge in [0, 0.05) is 0 Å². The summed E-state index contributed by atoms with van der Waals surface area (Å²) in [7, 11) is -3.84. The molecule has 0 amide bonds. The van der Waals surface area contributed by atoms with E-state index >= 15 is 0 Å². The van der Waals surface area contributed by atoms with Crippen molar-refractivity contribution in [3.05, 3.63) is 59.7 Å². The minimum Gasteiger partial charge on any atom is -0.280 e. The van der Waals surface area contributed by atoms with Gasteiger partial charge in [0.2, 0.25) is 0 Å². The van der Waals surface area contributed by atoms with Gasteiger partial charge in [-0.1, -0.05) is 6.07 Å². The molecule has 0 spiro atoms. The van der Waals surface area contributed by atoms with Crippen molar-refractivity contribution in [3.63, 3.8) is 0 Å². The Morgan fingerprint density at radius 2 is 1.63 bits per heavy atom. The first-order chi connectivity index (χ1) is 8.88. The van der Waals surface area contributed by atoms with E-state index in [-0.39, 0.29) is 10.6 Å². The highest BCUT2D eigenvalue weighted by Gasteiger charge is 2.14. The summed E-state index contributed by atoms with van der Waals surface area (Å²) in [4.78, 5) is -0.0881. The molecule has 3 nitrogen and oxygen atoms in total. The van der Waals surface area contributed by atoms with Crippen molar-refractivity contribution in [2.24, 2.45) is 0 Å². The Labute approximate surface area is 109 Å². The summed E-state index contributed by atoms with van der Waals surface area (Å²) >= 11 is 0. The SMILES string of the molecule is Cc1ccc(NS(=O)(=O)c2ccc(F)cc2)cc1F. The van der Waals surface area contributed by atoms with E-state index in [1.165, 1.54) is 12.1 Å². The first-order valence-electron chi connectivity index (χ1n) is 5.43. The Kier molecular flexibility index (Phi) is 3.53. The monoisotopic (exact) mass is 283 g/mol. The van der Waals surface area contributed by atoms with Crippen molar-refractivity contribution in [1.82, 2.24) is 0 Å². The van der Waals surface area contributed by atoms with Crippen LogP contribution in [0.1, 0.15) is 5.56 Å². The summed E-state index contributed by atoms with van der Waals surface area (Å²) < 4.78 is 52.2. The number of rotatable bonds is 3. The van der Waals surface area contributed by atoms with E-state index in [1.807, 2.05) is 0 Å². The summed E-state index contributed by atoms with van der Waals surface area (Å²) in [5, 5.41) is 0. The number of hydrogen-bond donors (Lipinski definition) is 1. The van der Waals surface area contributed by atoms with Crippen molar-refractivity contribution >= 4 is 15.7 Å². The molecular formula is C13H11F2NO2S. The van der Waals surface area contributed by atoms with Gasteiger partial charge in [-0.3, -0.25) is 4.72 Å². The van der Waals surface area contributed by atoms with Gasteiger partial charge >= 0.3 is 0 Å². The van der Waals surface area contributed by atoms with Crippen molar-refractivity contribution in [1.29, 1.82) is 0 Å². The van der Waals surface area contributed by atoms with Gasteiger partial charge in [-0.2, -0.15) is 0 Å². The molecule has 0 aliphatic carbocycles. The van der Waals surface area contributed by atoms with Crippen LogP contribution in [0.3, 0.4) is 0 Å². The largest absolute Gasteiger partial charge is 0.280 e. The van der Waals surface area contributed by atoms with E-state index in [4.69, 9.17) is 0 Å². The van der Waals surface area contributed by atoms with Crippen molar-refractivity contribution < 1.29 is 17.2 Å². The maximum absolute atomic E-state index is 13.3. The second kappa shape index (κ2) is 4.97. The number of aryl methyl sites for hydroxylation is 1. The molecule has 100 valence electrons. The van der Waals surface area contributed by atoms with E-state index in [2.05, 4.69) is 4.72 Å². The molecule has 2 aromatic carbocycles. The Morgan fingerprint density at radius 3 is 2.21 bits per heavy atom. The van der Waals surface area contributed by atoms with Crippen LogP contribution in [0.25, 0.3) is 0 Å². The molecule has 0 heterocycles. The second-order valence-electron chi connectivity index (χ2n) is 4.02. The normalized spacial score (nSPS) is 11.3. The standard InChI is InChI=1S/C13H11F2NO2S/c1-9-2-5-11(8-13(9)15)16-19(17,18)12-6-3-10(14)4-7-12/h2-8,16H,1H3. The van der Waals surface area contributed by atoms with Gasteiger partial charge in [-0.05, 0) is 48.9 Å². The van der Waals surface area contributed by atoms with E-state index in [0.717, 1.165) is 30.3 Å². The molecule has 2 aromatic rings. The highest BCUT2D eigenvalue weighted by atomic mass is 32.2.